The summed E-state index contributed by atoms with van der Waals surface area (Å²) in [6.07, 6.45) is 0.846. The Kier molecular flexibility index (Phi) is 5.65. The van der Waals surface area contributed by atoms with E-state index in [4.69, 9.17) is 4.74 Å². The number of nitrogens with one attached hydrogen (secondary N) is 1. The van der Waals surface area contributed by atoms with Crippen LogP contribution in [0.2, 0.25) is 0 Å². The number of anilines is 1. The number of para-hydroxylation sites is 1. The van der Waals surface area contributed by atoms with Gasteiger partial charge in [-0.1, -0.05) is 37.3 Å². The highest BCUT2D eigenvalue weighted by Gasteiger charge is 2.48. The Balaban J connectivity index is 1.56. The molecule has 2 amide bonds. The molecule has 3 heterocycles. The average Bonchev–Trinajstić information content (AvgIpc) is 3.45. The number of thiophene rings is 1. The van der Waals surface area contributed by atoms with E-state index in [-0.39, 0.29) is 11.8 Å². The third-order valence-corrected chi connectivity index (χ3v) is 7.53. The van der Waals surface area contributed by atoms with Gasteiger partial charge in [0.1, 0.15) is 21.8 Å². The number of hydrogen-bond acceptors (Lipinski definition) is 4. The number of carbonyl (C=O) groups is 2. The van der Waals surface area contributed by atoms with Gasteiger partial charge in [-0.15, -0.1) is 11.3 Å². The van der Waals surface area contributed by atoms with Crippen LogP contribution in [0, 0.1) is 0 Å². The van der Waals surface area contributed by atoms with Crippen LogP contribution in [0.4, 0.5) is 5.69 Å². The van der Waals surface area contributed by atoms with Crippen LogP contribution in [-0.4, -0.2) is 29.0 Å². The van der Waals surface area contributed by atoms with Gasteiger partial charge in [-0.2, -0.15) is 0 Å². The molecule has 0 spiro atoms. The zero-order chi connectivity index (χ0) is 23.9. The van der Waals surface area contributed by atoms with Crippen molar-refractivity contribution in [2.45, 2.75) is 38.9 Å². The van der Waals surface area contributed by atoms with Crippen molar-refractivity contribution in [1.29, 1.82) is 0 Å². The number of amides is 2. The summed E-state index contributed by atoms with van der Waals surface area (Å²) in [6, 6.07) is 19.4. The van der Waals surface area contributed by atoms with Crippen LogP contribution >= 0.6 is 11.3 Å². The number of methoxy groups -OCH3 is 1. The Morgan fingerprint density at radius 3 is 2.76 bits per heavy atom. The van der Waals surface area contributed by atoms with E-state index in [1.807, 2.05) is 77.5 Å². The molecule has 0 bridgehead atoms. The van der Waals surface area contributed by atoms with Gasteiger partial charge in [0.15, 0.2) is 0 Å². The number of ether oxygens (including phenoxy) is 1. The second-order valence-electron chi connectivity index (χ2n) is 8.73. The molecule has 7 heteroatoms. The zero-order valence-corrected chi connectivity index (χ0v) is 20.3. The fourth-order valence-corrected chi connectivity index (χ4v) is 5.63. The molecule has 5 rings (SSSR count). The average molecular weight is 474 g/mol. The third kappa shape index (κ3) is 3.56. The van der Waals surface area contributed by atoms with Crippen LogP contribution < -0.4 is 15.0 Å². The molecular formula is C27H27N3O3S. The first kappa shape index (κ1) is 22.2. The van der Waals surface area contributed by atoms with Gasteiger partial charge in [-0.25, -0.2) is 0 Å². The molecule has 1 aliphatic heterocycles. The lowest BCUT2D eigenvalue weighted by Crippen LogP contribution is -2.64. The van der Waals surface area contributed by atoms with Crippen molar-refractivity contribution >= 4 is 39.1 Å². The molecule has 0 unspecified atom stereocenters. The number of benzene rings is 2. The predicted molar refractivity (Wildman–Crippen MR) is 136 cm³/mol. The first-order valence-electron chi connectivity index (χ1n) is 11.4. The third-order valence-electron chi connectivity index (χ3n) is 6.58. The van der Waals surface area contributed by atoms with Gasteiger partial charge in [0, 0.05) is 23.2 Å². The molecule has 4 aromatic rings. The van der Waals surface area contributed by atoms with Crippen LogP contribution in [0.25, 0.3) is 10.2 Å². The van der Waals surface area contributed by atoms with E-state index in [0.29, 0.717) is 24.5 Å². The van der Waals surface area contributed by atoms with Crippen molar-refractivity contribution in [3.8, 4) is 5.75 Å². The molecule has 2 aromatic heterocycles. The lowest BCUT2D eigenvalue weighted by molar-refractivity contribution is -0.126. The Morgan fingerprint density at radius 2 is 1.97 bits per heavy atom. The van der Waals surface area contributed by atoms with Crippen molar-refractivity contribution in [1.82, 2.24) is 9.88 Å². The largest absolute Gasteiger partial charge is 0.496 e. The minimum Gasteiger partial charge on any atom is -0.496 e. The summed E-state index contributed by atoms with van der Waals surface area (Å²) in [6.45, 7) is 4.60. The topological polar surface area (TPSA) is 63.6 Å². The van der Waals surface area contributed by atoms with Crippen molar-refractivity contribution in [2.75, 3.05) is 12.0 Å². The van der Waals surface area contributed by atoms with E-state index >= 15 is 0 Å². The summed E-state index contributed by atoms with van der Waals surface area (Å²) in [7, 11) is 1.62. The molecule has 0 fully saturated rings. The lowest BCUT2D eigenvalue weighted by atomic mass is 9.93. The molecule has 0 saturated heterocycles. The monoisotopic (exact) mass is 473 g/mol. The summed E-state index contributed by atoms with van der Waals surface area (Å²) in [5.41, 5.74) is 2.22. The quantitative estimate of drug-likeness (QED) is 0.428. The smallest absolute Gasteiger partial charge is 0.275 e. The van der Waals surface area contributed by atoms with Gasteiger partial charge in [0.05, 0.1) is 13.7 Å². The molecule has 2 aromatic carbocycles. The second kappa shape index (κ2) is 8.65. The van der Waals surface area contributed by atoms with Crippen molar-refractivity contribution in [3.05, 3.63) is 82.9 Å². The van der Waals surface area contributed by atoms with E-state index in [1.165, 1.54) is 0 Å². The van der Waals surface area contributed by atoms with Gasteiger partial charge < -0.3 is 14.6 Å². The van der Waals surface area contributed by atoms with Gasteiger partial charge in [0.2, 0.25) is 5.91 Å². The molecule has 1 N–H and O–H groups in total. The van der Waals surface area contributed by atoms with Gasteiger partial charge in [0.25, 0.3) is 5.91 Å². The van der Waals surface area contributed by atoms with Crippen LogP contribution in [0.15, 0.2) is 66.0 Å². The van der Waals surface area contributed by atoms with E-state index in [2.05, 4.69) is 12.2 Å². The van der Waals surface area contributed by atoms with E-state index in [0.717, 1.165) is 33.5 Å². The first-order valence-corrected chi connectivity index (χ1v) is 12.2. The van der Waals surface area contributed by atoms with Crippen molar-refractivity contribution in [3.63, 3.8) is 0 Å². The van der Waals surface area contributed by atoms with Gasteiger partial charge in [-0.3, -0.25) is 14.5 Å². The Labute approximate surface area is 202 Å². The maximum Gasteiger partial charge on any atom is 0.275 e. The molecule has 1 atom stereocenters. The number of carbonyl (C=O) groups excluding carboxylic acids is 2. The number of rotatable bonds is 6. The molecular weight excluding hydrogens is 446 g/mol. The molecule has 0 radical (unpaired) electrons. The molecule has 1 aliphatic rings. The maximum atomic E-state index is 13.9. The van der Waals surface area contributed by atoms with Gasteiger partial charge in [-0.05, 0) is 54.6 Å². The summed E-state index contributed by atoms with van der Waals surface area (Å²) in [5, 5.41) is 6.11. The molecule has 34 heavy (non-hydrogen) atoms. The summed E-state index contributed by atoms with van der Waals surface area (Å²) >= 11 is 1.59. The molecule has 6 nitrogen and oxygen atoms in total. The minimum atomic E-state index is -1.12. The highest BCUT2D eigenvalue weighted by molar-refractivity contribution is 7.16. The number of nitrogens with zero attached hydrogens (tertiary/aromatic N) is 2. The maximum absolute atomic E-state index is 13.9. The first-order chi connectivity index (χ1) is 16.5. The highest BCUT2D eigenvalue weighted by atomic mass is 32.1. The summed E-state index contributed by atoms with van der Waals surface area (Å²) in [4.78, 5) is 30.4. The van der Waals surface area contributed by atoms with Crippen LogP contribution in [-0.2, 0) is 24.3 Å². The normalized spacial score (nSPS) is 17.6. The Bertz CT molecular complexity index is 1390. The molecule has 0 aliphatic carbocycles. The van der Waals surface area contributed by atoms with Crippen LogP contribution in [0.3, 0.4) is 0 Å². The standard InChI is InChI=1S/C27H27N3O3S/c1-4-18-8-7-10-21(14-18)30-24(31)22-15-19-12-13-34-25(19)29(22)17-27(30,2)26(32)28-16-20-9-5-6-11-23(20)33-3/h5-15H,4,16-17H2,1-3H3,(H,28,32)/t27-/m1/s1. The van der Waals surface area contributed by atoms with Crippen molar-refractivity contribution < 1.29 is 14.3 Å². The molecule has 174 valence electrons. The zero-order valence-electron chi connectivity index (χ0n) is 19.5. The van der Waals surface area contributed by atoms with E-state index < -0.39 is 5.54 Å². The number of fused-ring (bicyclic) bond motifs is 3. The molecule has 0 saturated carbocycles. The van der Waals surface area contributed by atoms with Crippen LogP contribution in [0.1, 0.15) is 35.5 Å². The predicted octanol–water partition coefficient (Wildman–Crippen LogP) is 5.01. The van der Waals surface area contributed by atoms with Crippen molar-refractivity contribution in [2.24, 2.45) is 0 Å². The minimum absolute atomic E-state index is 0.169. The SMILES string of the molecule is CCc1cccc(N2C(=O)c3cc4ccsc4n3C[C@]2(C)C(=O)NCc2ccccc2OC)c1. The summed E-state index contributed by atoms with van der Waals surface area (Å²) < 4.78 is 7.43. The fourth-order valence-electron chi connectivity index (χ4n) is 4.73. The number of hydrogen-bond donors (Lipinski definition) is 1. The van der Waals surface area contributed by atoms with Crippen LogP contribution in [0.5, 0.6) is 5.75 Å². The second-order valence-corrected chi connectivity index (χ2v) is 9.62. The van der Waals surface area contributed by atoms with Gasteiger partial charge >= 0.3 is 0 Å². The number of aromatic nitrogens is 1. The Hall–Kier alpha value is -3.58. The van der Waals surface area contributed by atoms with E-state index in [1.54, 1.807) is 23.3 Å². The lowest BCUT2D eigenvalue weighted by Gasteiger charge is -2.44. The van der Waals surface area contributed by atoms with E-state index in [9.17, 15) is 9.59 Å². The number of aryl methyl sites for hydroxylation is 1. The Morgan fingerprint density at radius 1 is 1.15 bits per heavy atom. The summed E-state index contributed by atoms with van der Waals surface area (Å²) in [5.74, 6) is 0.337. The highest BCUT2D eigenvalue weighted by Crippen LogP contribution is 2.37. The fraction of sp³-hybridized carbons (Fsp3) is 0.259.